The molecular weight excluding hydrogens is 288 g/mol. The fraction of sp³-hybridized carbons (Fsp3) is 0.562. The highest BCUT2D eigenvalue weighted by Crippen LogP contribution is 2.28. The minimum Gasteiger partial charge on any atom is -0.481 e. The summed E-state index contributed by atoms with van der Waals surface area (Å²) in [6.45, 7) is 9.56. The number of ether oxygens (including phenoxy) is 1. The molecule has 1 rings (SSSR count). The van der Waals surface area contributed by atoms with Crippen molar-refractivity contribution in [2.24, 2.45) is 5.73 Å². The summed E-state index contributed by atoms with van der Waals surface area (Å²) in [4.78, 5) is 12.2. The summed E-state index contributed by atoms with van der Waals surface area (Å²) in [5.41, 5.74) is 6.46. The Labute approximate surface area is 132 Å². The lowest BCUT2D eigenvalue weighted by Gasteiger charge is -2.27. The van der Waals surface area contributed by atoms with Crippen LogP contribution in [0.5, 0.6) is 5.75 Å². The van der Waals surface area contributed by atoms with Gasteiger partial charge >= 0.3 is 0 Å². The molecule has 0 aliphatic heterocycles. The largest absolute Gasteiger partial charge is 0.481 e. The van der Waals surface area contributed by atoms with Gasteiger partial charge in [0.25, 0.3) is 5.91 Å². The summed E-state index contributed by atoms with van der Waals surface area (Å²) in [5.74, 6) is 0.443. The number of benzene rings is 1. The number of nitrogens with two attached hydrogens (primary N) is 1. The quantitative estimate of drug-likeness (QED) is 0.845. The van der Waals surface area contributed by atoms with E-state index in [-0.39, 0.29) is 17.5 Å². The van der Waals surface area contributed by atoms with Gasteiger partial charge in [-0.05, 0) is 52.3 Å². The Balaban J connectivity index is 2.84. The molecule has 1 unspecified atom stereocenters. The Bertz CT molecular complexity index is 501. The molecule has 0 saturated heterocycles. The van der Waals surface area contributed by atoms with E-state index in [2.05, 4.69) is 5.32 Å². The lowest BCUT2D eigenvalue weighted by atomic mass is 10.0. The molecule has 0 heterocycles. The zero-order valence-electron chi connectivity index (χ0n) is 13.4. The number of carbonyl (C=O) groups is 1. The lowest BCUT2D eigenvalue weighted by Crippen LogP contribution is -2.48. The third kappa shape index (κ3) is 5.21. The molecule has 118 valence electrons. The number of hydrogen-bond acceptors (Lipinski definition) is 3. The van der Waals surface area contributed by atoms with E-state index >= 15 is 0 Å². The van der Waals surface area contributed by atoms with E-state index in [0.717, 1.165) is 12.0 Å². The van der Waals surface area contributed by atoms with Crippen molar-refractivity contribution in [1.82, 2.24) is 5.32 Å². The first-order chi connectivity index (χ1) is 9.66. The molecule has 1 aromatic rings. The van der Waals surface area contributed by atoms with Crippen LogP contribution in [0.3, 0.4) is 0 Å². The van der Waals surface area contributed by atoms with Gasteiger partial charge in [-0.2, -0.15) is 0 Å². The maximum absolute atomic E-state index is 12.2. The molecule has 4 nitrogen and oxygen atoms in total. The minimum absolute atomic E-state index is 0.146. The van der Waals surface area contributed by atoms with Gasteiger partial charge in [0.05, 0.1) is 0 Å². The molecule has 0 aliphatic carbocycles. The molecule has 5 heteroatoms. The van der Waals surface area contributed by atoms with E-state index in [4.69, 9.17) is 22.1 Å². The van der Waals surface area contributed by atoms with Crippen molar-refractivity contribution < 1.29 is 9.53 Å². The Morgan fingerprint density at radius 1 is 1.43 bits per heavy atom. The van der Waals surface area contributed by atoms with E-state index in [1.165, 1.54) is 0 Å². The SMILES string of the molecule is CCC(C)(C)NC(=O)C(C)Oc1ccc(Cl)cc1[C@H](C)N. The van der Waals surface area contributed by atoms with Gasteiger partial charge in [0.15, 0.2) is 6.10 Å². The summed E-state index contributed by atoms with van der Waals surface area (Å²) < 4.78 is 5.76. The van der Waals surface area contributed by atoms with Crippen LogP contribution in [-0.2, 0) is 4.79 Å². The molecule has 1 aromatic carbocycles. The summed E-state index contributed by atoms with van der Waals surface area (Å²) in [6.07, 6.45) is 0.242. The standard InChI is InChI=1S/C16H25ClN2O2/c1-6-16(4,5)19-15(20)11(3)21-14-8-7-12(17)9-13(14)10(2)18/h7-11H,6,18H2,1-5H3,(H,19,20)/t10-,11?/m0/s1. The van der Waals surface area contributed by atoms with E-state index in [1.807, 2.05) is 27.7 Å². The fourth-order valence-electron chi connectivity index (χ4n) is 1.75. The van der Waals surface area contributed by atoms with Crippen LogP contribution in [0.4, 0.5) is 0 Å². The van der Waals surface area contributed by atoms with Crippen LogP contribution < -0.4 is 15.8 Å². The predicted molar refractivity (Wildman–Crippen MR) is 86.7 cm³/mol. The first kappa shape index (κ1) is 17.8. The van der Waals surface area contributed by atoms with Gasteiger partial charge in [-0.15, -0.1) is 0 Å². The molecule has 0 bridgehead atoms. The zero-order chi connectivity index (χ0) is 16.2. The summed E-state index contributed by atoms with van der Waals surface area (Å²) in [5, 5.41) is 3.56. The highest BCUT2D eigenvalue weighted by atomic mass is 35.5. The lowest BCUT2D eigenvalue weighted by molar-refractivity contribution is -0.129. The molecule has 0 aromatic heterocycles. The van der Waals surface area contributed by atoms with Crippen molar-refractivity contribution in [2.75, 3.05) is 0 Å². The first-order valence-corrected chi connectivity index (χ1v) is 7.57. The second-order valence-electron chi connectivity index (χ2n) is 5.96. The maximum atomic E-state index is 12.2. The molecule has 21 heavy (non-hydrogen) atoms. The van der Waals surface area contributed by atoms with Gasteiger partial charge in [0.1, 0.15) is 5.75 Å². The number of halogens is 1. The molecular formula is C16H25ClN2O2. The van der Waals surface area contributed by atoms with Gasteiger partial charge in [-0.1, -0.05) is 18.5 Å². The molecule has 1 amide bonds. The van der Waals surface area contributed by atoms with Crippen LogP contribution >= 0.6 is 11.6 Å². The average Bonchev–Trinajstić information content (AvgIpc) is 2.40. The van der Waals surface area contributed by atoms with Gasteiger partial charge in [-0.3, -0.25) is 4.79 Å². The van der Waals surface area contributed by atoms with Crippen molar-refractivity contribution in [3.63, 3.8) is 0 Å². The molecule has 0 saturated carbocycles. The van der Waals surface area contributed by atoms with Crippen molar-refractivity contribution in [2.45, 2.75) is 58.7 Å². The second-order valence-corrected chi connectivity index (χ2v) is 6.39. The monoisotopic (exact) mass is 312 g/mol. The molecule has 0 spiro atoms. The summed E-state index contributed by atoms with van der Waals surface area (Å²) in [6, 6.07) is 5.02. The minimum atomic E-state index is -0.602. The third-order valence-corrected chi connectivity index (χ3v) is 3.72. The van der Waals surface area contributed by atoms with Gasteiger partial charge in [0, 0.05) is 22.2 Å². The van der Waals surface area contributed by atoms with E-state index in [0.29, 0.717) is 10.8 Å². The smallest absolute Gasteiger partial charge is 0.261 e. The highest BCUT2D eigenvalue weighted by molar-refractivity contribution is 6.30. The number of carbonyl (C=O) groups excluding carboxylic acids is 1. The van der Waals surface area contributed by atoms with Crippen LogP contribution in [-0.4, -0.2) is 17.6 Å². The Morgan fingerprint density at radius 3 is 2.57 bits per heavy atom. The first-order valence-electron chi connectivity index (χ1n) is 7.20. The zero-order valence-corrected chi connectivity index (χ0v) is 14.1. The average molecular weight is 313 g/mol. The van der Waals surface area contributed by atoms with Crippen LogP contribution in [0.15, 0.2) is 18.2 Å². The maximum Gasteiger partial charge on any atom is 0.261 e. The number of amides is 1. The van der Waals surface area contributed by atoms with Crippen LogP contribution in [0, 0.1) is 0 Å². The van der Waals surface area contributed by atoms with Crippen molar-refractivity contribution in [3.05, 3.63) is 28.8 Å². The highest BCUT2D eigenvalue weighted by Gasteiger charge is 2.23. The fourth-order valence-corrected chi connectivity index (χ4v) is 1.93. The predicted octanol–water partition coefficient (Wildman–Crippen LogP) is 3.43. The van der Waals surface area contributed by atoms with E-state index in [1.54, 1.807) is 25.1 Å². The van der Waals surface area contributed by atoms with E-state index in [9.17, 15) is 4.79 Å². The summed E-state index contributed by atoms with van der Waals surface area (Å²) >= 11 is 5.98. The number of rotatable bonds is 6. The second kappa shape index (κ2) is 7.14. The van der Waals surface area contributed by atoms with Gasteiger partial charge < -0.3 is 15.8 Å². The molecule has 0 fully saturated rings. The molecule has 0 radical (unpaired) electrons. The topological polar surface area (TPSA) is 64.3 Å². The third-order valence-electron chi connectivity index (χ3n) is 3.48. The molecule has 3 N–H and O–H groups in total. The van der Waals surface area contributed by atoms with Crippen LogP contribution in [0.2, 0.25) is 5.02 Å². The Kier molecular flexibility index (Phi) is 6.05. The van der Waals surface area contributed by atoms with Crippen LogP contribution in [0.1, 0.15) is 52.6 Å². The van der Waals surface area contributed by atoms with Crippen molar-refractivity contribution in [1.29, 1.82) is 0 Å². The Morgan fingerprint density at radius 2 is 2.05 bits per heavy atom. The van der Waals surface area contributed by atoms with Crippen molar-refractivity contribution in [3.8, 4) is 5.75 Å². The van der Waals surface area contributed by atoms with Gasteiger partial charge in [-0.25, -0.2) is 0 Å². The van der Waals surface area contributed by atoms with Crippen LogP contribution in [0.25, 0.3) is 0 Å². The van der Waals surface area contributed by atoms with Gasteiger partial charge in [0.2, 0.25) is 0 Å². The van der Waals surface area contributed by atoms with E-state index < -0.39 is 6.10 Å². The Hall–Kier alpha value is -1.26. The normalized spacial score (nSPS) is 14.4. The van der Waals surface area contributed by atoms with Crippen molar-refractivity contribution >= 4 is 17.5 Å². The number of hydrogen-bond donors (Lipinski definition) is 2. The summed E-state index contributed by atoms with van der Waals surface area (Å²) in [7, 11) is 0. The molecule has 2 atom stereocenters. The number of nitrogens with one attached hydrogen (secondary N) is 1. The molecule has 0 aliphatic rings.